The number of pyridine rings is 1. The summed E-state index contributed by atoms with van der Waals surface area (Å²) in [4.78, 5) is 16.6. The van der Waals surface area contributed by atoms with E-state index in [2.05, 4.69) is 15.6 Å². The number of hydrogen-bond acceptors (Lipinski definition) is 2. The van der Waals surface area contributed by atoms with Gasteiger partial charge in [-0.1, -0.05) is 18.2 Å². The summed E-state index contributed by atoms with van der Waals surface area (Å²) in [5, 5.41) is 2.17. The van der Waals surface area contributed by atoms with E-state index in [0.29, 0.717) is 6.42 Å². The summed E-state index contributed by atoms with van der Waals surface area (Å²) < 4.78 is 2.12. The van der Waals surface area contributed by atoms with Gasteiger partial charge in [-0.2, -0.15) is 0 Å². The lowest BCUT2D eigenvalue weighted by Gasteiger charge is -2.02. The second kappa shape index (κ2) is 3.19. The lowest BCUT2D eigenvalue weighted by molar-refractivity contribution is 0.0996. The number of Topliss-reactive ketones (excluding diaryl/α,β-unsaturated/α-hetero) is 1. The molecule has 0 fully saturated rings. The minimum atomic E-state index is 0.270. The summed E-state index contributed by atoms with van der Waals surface area (Å²) in [6, 6.07) is 8.03. The van der Waals surface area contributed by atoms with Gasteiger partial charge < -0.3 is 4.57 Å². The average Bonchev–Trinajstić information content (AvgIpc) is 2.91. The summed E-state index contributed by atoms with van der Waals surface area (Å²) in [5.74, 6) is 0.270. The lowest BCUT2D eigenvalue weighted by Crippen LogP contribution is -1.94. The van der Waals surface area contributed by atoms with Gasteiger partial charge in [0.15, 0.2) is 5.78 Å². The van der Waals surface area contributed by atoms with Crippen LogP contribution in [0.3, 0.4) is 0 Å². The highest BCUT2D eigenvalue weighted by atomic mass is 16.1. The molecule has 0 saturated heterocycles. The zero-order chi connectivity index (χ0) is 12.3. The largest absolute Gasteiger partial charge is 0.346 e. The number of ketones is 1. The van der Waals surface area contributed by atoms with Crippen LogP contribution in [-0.2, 0) is 13.5 Å². The number of carbonyl (C=O) groups is 1. The van der Waals surface area contributed by atoms with Crippen molar-refractivity contribution in [2.45, 2.75) is 12.8 Å². The number of rotatable bonds is 0. The van der Waals surface area contributed by atoms with Gasteiger partial charge in [0.25, 0.3) is 0 Å². The molecule has 0 spiro atoms. The second-order valence-electron chi connectivity index (χ2n) is 4.84. The molecule has 2 aromatic heterocycles. The first-order chi connectivity index (χ1) is 8.77. The van der Waals surface area contributed by atoms with Gasteiger partial charge >= 0.3 is 0 Å². The minimum Gasteiger partial charge on any atom is -0.346 e. The van der Waals surface area contributed by atoms with Crippen LogP contribution in [0.2, 0.25) is 0 Å². The van der Waals surface area contributed by atoms with Crippen LogP contribution in [0.4, 0.5) is 0 Å². The van der Waals surface area contributed by atoms with E-state index in [9.17, 15) is 4.79 Å². The zero-order valence-corrected chi connectivity index (χ0v) is 10.1. The first-order valence-corrected chi connectivity index (χ1v) is 6.15. The molecule has 1 aliphatic rings. The normalized spacial score (nSPS) is 14.6. The van der Waals surface area contributed by atoms with Crippen molar-refractivity contribution in [3.05, 3.63) is 41.7 Å². The first kappa shape index (κ1) is 9.83. The quantitative estimate of drug-likeness (QED) is 0.601. The second-order valence-corrected chi connectivity index (χ2v) is 4.84. The molecule has 3 heteroatoms. The molecule has 88 valence electrons. The standard InChI is InChI=1S/C15H12N2O/c1-17-11-6-7-13(18)15(11)14-9-4-2-3-5-10(9)16-8-12(14)17/h2-5,8H,6-7H2,1H3. The fourth-order valence-corrected chi connectivity index (χ4v) is 3.06. The average molecular weight is 236 g/mol. The number of benzene rings is 1. The monoisotopic (exact) mass is 236 g/mol. The van der Waals surface area contributed by atoms with E-state index in [4.69, 9.17) is 0 Å². The molecule has 0 bridgehead atoms. The highest BCUT2D eigenvalue weighted by molar-refractivity contribution is 6.19. The van der Waals surface area contributed by atoms with Gasteiger partial charge in [0.05, 0.1) is 17.2 Å². The third-order valence-corrected chi connectivity index (χ3v) is 3.93. The van der Waals surface area contributed by atoms with Crippen LogP contribution < -0.4 is 0 Å². The van der Waals surface area contributed by atoms with E-state index in [1.807, 2.05) is 31.4 Å². The highest BCUT2D eigenvalue weighted by Gasteiger charge is 2.27. The van der Waals surface area contributed by atoms with Gasteiger partial charge in [-0.3, -0.25) is 9.78 Å². The molecule has 0 unspecified atom stereocenters. The SMILES string of the molecule is Cn1c2c(c3c4ccccc4ncc31)C(=O)CC2. The van der Waals surface area contributed by atoms with Crippen molar-refractivity contribution in [2.24, 2.45) is 7.05 Å². The predicted octanol–water partition coefficient (Wildman–Crippen LogP) is 2.86. The number of para-hydroxylation sites is 1. The van der Waals surface area contributed by atoms with Crippen molar-refractivity contribution >= 4 is 27.6 Å². The van der Waals surface area contributed by atoms with Gasteiger partial charge in [0, 0.05) is 35.5 Å². The molecule has 1 aliphatic carbocycles. The first-order valence-electron chi connectivity index (χ1n) is 6.15. The summed E-state index contributed by atoms with van der Waals surface area (Å²) in [6.07, 6.45) is 3.38. The summed E-state index contributed by atoms with van der Waals surface area (Å²) >= 11 is 0. The predicted molar refractivity (Wildman–Crippen MR) is 70.9 cm³/mol. The Labute approximate surface area is 104 Å². The Balaban J connectivity index is 2.32. The molecule has 0 radical (unpaired) electrons. The lowest BCUT2D eigenvalue weighted by atomic mass is 10.1. The maximum atomic E-state index is 12.1. The molecular weight excluding hydrogens is 224 g/mol. The van der Waals surface area contributed by atoms with Crippen LogP contribution in [-0.4, -0.2) is 15.3 Å². The third-order valence-electron chi connectivity index (χ3n) is 3.93. The minimum absolute atomic E-state index is 0.270. The van der Waals surface area contributed by atoms with E-state index in [0.717, 1.165) is 39.5 Å². The highest BCUT2D eigenvalue weighted by Crippen LogP contribution is 2.35. The number of nitrogens with zero attached hydrogens (tertiary/aromatic N) is 2. The van der Waals surface area contributed by atoms with Crippen LogP contribution in [0, 0.1) is 0 Å². The Kier molecular flexibility index (Phi) is 1.74. The van der Waals surface area contributed by atoms with E-state index < -0.39 is 0 Å². The molecule has 0 N–H and O–H groups in total. The molecule has 4 rings (SSSR count). The van der Waals surface area contributed by atoms with Crippen molar-refractivity contribution in [1.29, 1.82) is 0 Å². The molecule has 0 aliphatic heterocycles. The van der Waals surface area contributed by atoms with Gasteiger partial charge in [-0.25, -0.2) is 0 Å². The van der Waals surface area contributed by atoms with E-state index >= 15 is 0 Å². The van der Waals surface area contributed by atoms with Crippen molar-refractivity contribution in [3.8, 4) is 0 Å². The van der Waals surface area contributed by atoms with Gasteiger partial charge in [0.2, 0.25) is 0 Å². The van der Waals surface area contributed by atoms with E-state index in [1.54, 1.807) is 0 Å². The van der Waals surface area contributed by atoms with Gasteiger partial charge in [-0.05, 0) is 12.5 Å². The number of aromatic nitrogens is 2. The van der Waals surface area contributed by atoms with E-state index in [-0.39, 0.29) is 5.78 Å². The molecular formula is C15H12N2O. The van der Waals surface area contributed by atoms with Crippen molar-refractivity contribution in [3.63, 3.8) is 0 Å². The van der Waals surface area contributed by atoms with Gasteiger partial charge in [-0.15, -0.1) is 0 Å². The molecule has 0 amide bonds. The third kappa shape index (κ3) is 1.04. The van der Waals surface area contributed by atoms with Gasteiger partial charge in [0.1, 0.15) is 0 Å². The Hall–Kier alpha value is -2.16. The summed E-state index contributed by atoms with van der Waals surface area (Å²) in [6.45, 7) is 0. The molecule has 1 aromatic carbocycles. The molecule has 0 atom stereocenters. The fraction of sp³-hybridized carbons (Fsp3) is 0.200. The molecule has 18 heavy (non-hydrogen) atoms. The molecule has 0 saturated carbocycles. The Morgan fingerprint density at radius 1 is 1.22 bits per heavy atom. The topological polar surface area (TPSA) is 34.9 Å². The Morgan fingerprint density at radius 3 is 2.94 bits per heavy atom. The van der Waals surface area contributed by atoms with Crippen LogP contribution in [0.1, 0.15) is 22.5 Å². The summed E-state index contributed by atoms with van der Waals surface area (Å²) in [5.41, 5.74) is 4.10. The smallest absolute Gasteiger partial charge is 0.165 e. The fourth-order valence-electron chi connectivity index (χ4n) is 3.06. The van der Waals surface area contributed by atoms with Crippen LogP contribution >= 0.6 is 0 Å². The summed E-state index contributed by atoms with van der Waals surface area (Å²) in [7, 11) is 2.02. The molecule has 2 heterocycles. The zero-order valence-electron chi connectivity index (χ0n) is 10.1. The van der Waals surface area contributed by atoms with Crippen LogP contribution in [0.15, 0.2) is 30.5 Å². The number of carbonyl (C=O) groups excluding carboxylic acids is 1. The Morgan fingerprint density at radius 2 is 2.06 bits per heavy atom. The van der Waals surface area contributed by atoms with Crippen molar-refractivity contribution in [2.75, 3.05) is 0 Å². The van der Waals surface area contributed by atoms with E-state index in [1.165, 1.54) is 0 Å². The Bertz CT molecular complexity index is 814. The molecule has 3 nitrogen and oxygen atoms in total. The van der Waals surface area contributed by atoms with Crippen molar-refractivity contribution in [1.82, 2.24) is 9.55 Å². The molecule has 3 aromatic rings. The number of fused-ring (bicyclic) bond motifs is 5. The maximum Gasteiger partial charge on any atom is 0.165 e. The van der Waals surface area contributed by atoms with Crippen LogP contribution in [0.5, 0.6) is 0 Å². The number of aryl methyl sites for hydroxylation is 1. The maximum absolute atomic E-state index is 12.1. The van der Waals surface area contributed by atoms with Crippen molar-refractivity contribution < 1.29 is 4.79 Å². The number of hydrogen-bond donors (Lipinski definition) is 0. The van der Waals surface area contributed by atoms with Crippen LogP contribution in [0.25, 0.3) is 21.8 Å².